The molecule has 1 saturated heterocycles. The Labute approximate surface area is 109 Å². The standard InChI is InChI=1S/C12H15N5O2/c1-6-2-3-8(19-6)17-4-7(11(14)18)9-10(13)15-5-16-12(9)17/h4-6,8H,2-3H2,1H3,(H2,14,18)(H2,13,15,16)/t6-,8-/m1/s1. The van der Waals surface area contributed by atoms with Gasteiger partial charge in [-0.05, 0) is 19.8 Å². The highest BCUT2D eigenvalue weighted by Crippen LogP contribution is 2.33. The summed E-state index contributed by atoms with van der Waals surface area (Å²) in [4.78, 5) is 19.6. The van der Waals surface area contributed by atoms with E-state index >= 15 is 0 Å². The smallest absolute Gasteiger partial charge is 0.251 e. The van der Waals surface area contributed by atoms with E-state index in [1.54, 1.807) is 6.20 Å². The lowest BCUT2D eigenvalue weighted by Gasteiger charge is -2.13. The molecule has 0 aliphatic carbocycles. The number of amides is 1. The van der Waals surface area contributed by atoms with Gasteiger partial charge in [0.25, 0.3) is 5.91 Å². The van der Waals surface area contributed by atoms with Gasteiger partial charge in [-0.2, -0.15) is 0 Å². The van der Waals surface area contributed by atoms with Gasteiger partial charge in [0.1, 0.15) is 24.0 Å². The topological polar surface area (TPSA) is 109 Å². The molecule has 19 heavy (non-hydrogen) atoms. The summed E-state index contributed by atoms with van der Waals surface area (Å²) in [5.74, 6) is -0.292. The second-order valence-corrected chi connectivity index (χ2v) is 4.75. The van der Waals surface area contributed by atoms with Gasteiger partial charge in [0.05, 0.1) is 17.1 Å². The van der Waals surface area contributed by atoms with Gasteiger partial charge in [-0.1, -0.05) is 0 Å². The summed E-state index contributed by atoms with van der Waals surface area (Å²) in [6.07, 6.45) is 4.92. The number of aromatic nitrogens is 3. The van der Waals surface area contributed by atoms with E-state index in [9.17, 15) is 4.79 Å². The Morgan fingerprint density at radius 2 is 2.26 bits per heavy atom. The van der Waals surface area contributed by atoms with Gasteiger partial charge in [0.15, 0.2) is 0 Å². The predicted molar refractivity (Wildman–Crippen MR) is 69.3 cm³/mol. The molecule has 0 aromatic carbocycles. The molecular formula is C12H15N5O2. The number of rotatable bonds is 2. The molecule has 2 atom stereocenters. The summed E-state index contributed by atoms with van der Waals surface area (Å²) in [5, 5.41) is 0.498. The Morgan fingerprint density at radius 3 is 2.89 bits per heavy atom. The van der Waals surface area contributed by atoms with E-state index in [1.165, 1.54) is 6.33 Å². The highest BCUT2D eigenvalue weighted by Gasteiger charge is 2.27. The molecule has 0 bridgehead atoms. The fraction of sp³-hybridized carbons (Fsp3) is 0.417. The molecule has 100 valence electrons. The number of nitrogens with two attached hydrogens (primary N) is 2. The molecule has 1 aliphatic heterocycles. The zero-order chi connectivity index (χ0) is 13.6. The molecule has 1 fully saturated rings. The molecule has 7 heteroatoms. The second-order valence-electron chi connectivity index (χ2n) is 4.75. The zero-order valence-corrected chi connectivity index (χ0v) is 10.5. The van der Waals surface area contributed by atoms with Crippen LogP contribution in [0.4, 0.5) is 5.82 Å². The van der Waals surface area contributed by atoms with Crippen molar-refractivity contribution in [1.29, 1.82) is 0 Å². The van der Waals surface area contributed by atoms with Crippen molar-refractivity contribution in [2.75, 3.05) is 5.73 Å². The Kier molecular flexibility index (Phi) is 2.63. The van der Waals surface area contributed by atoms with Crippen LogP contribution >= 0.6 is 0 Å². The average Bonchev–Trinajstić information content (AvgIpc) is 2.93. The van der Waals surface area contributed by atoms with Crippen molar-refractivity contribution in [3.05, 3.63) is 18.1 Å². The predicted octanol–water partition coefficient (Wildman–Crippen LogP) is 0.810. The molecule has 0 saturated carbocycles. The maximum absolute atomic E-state index is 11.5. The van der Waals surface area contributed by atoms with Crippen LogP contribution in [0.3, 0.4) is 0 Å². The molecule has 1 amide bonds. The van der Waals surface area contributed by atoms with E-state index < -0.39 is 5.91 Å². The van der Waals surface area contributed by atoms with Crippen molar-refractivity contribution < 1.29 is 9.53 Å². The number of nitrogen functional groups attached to an aromatic ring is 1. The molecule has 7 nitrogen and oxygen atoms in total. The van der Waals surface area contributed by atoms with Crippen LogP contribution in [0, 0.1) is 0 Å². The third kappa shape index (κ3) is 1.82. The Morgan fingerprint density at radius 1 is 1.47 bits per heavy atom. The van der Waals surface area contributed by atoms with E-state index in [4.69, 9.17) is 16.2 Å². The minimum absolute atomic E-state index is 0.139. The van der Waals surface area contributed by atoms with Crippen LogP contribution < -0.4 is 11.5 Å². The number of hydrogen-bond donors (Lipinski definition) is 2. The number of anilines is 1. The van der Waals surface area contributed by atoms with Gasteiger partial charge in [0.2, 0.25) is 0 Å². The van der Waals surface area contributed by atoms with E-state index in [1.807, 2.05) is 11.5 Å². The molecular weight excluding hydrogens is 246 g/mol. The van der Waals surface area contributed by atoms with Crippen LogP contribution in [0.1, 0.15) is 36.4 Å². The van der Waals surface area contributed by atoms with Crippen LogP contribution in [-0.2, 0) is 4.74 Å². The summed E-state index contributed by atoms with van der Waals surface area (Å²) < 4.78 is 7.61. The van der Waals surface area contributed by atoms with Crippen LogP contribution in [-0.4, -0.2) is 26.5 Å². The third-order valence-corrected chi connectivity index (χ3v) is 3.42. The lowest BCUT2D eigenvalue weighted by Crippen LogP contribution is -2.11. The van der Waals surface area contributed by atoms with E-state index in [-0.39, 0.29) is 18.1 Å². The summed E-state index contributed by atoms with van der Waals surface area (Å²) in [6.45, 7) is 2.02. The van der Waals surface area contributed by atoms with Crippen LogP contribution in [0.25, 0.3) is 11.0 Å². The van der Waals surface area contributed by atoms with Crippen molar-refractivity contribution in [2.24, 2.45) is 5.73 Å². The Hall–Kier alpha value is -2.15. The highest BCUT2D eigenvalue weighted by atomic mass is 16.5. The number of hydrogen-bond acceptors (Lipinski definition) is 5. The Bertz CT molecular complexity index is 651. The molecule has 3 heterocycles. The van der Waals surface area contributed by atoms with Gasteiger partial charge in [0, 0.05) is 6.20 Å². The van der Waals surface area contributed by atoms with Gasteiger partial charge in [-0.3, -0.25) is 4.79 Å². The van der Waals surface area contributed by atoms with Crippen LogP contribution in [0.15, 0.2) is 12.5 Å². The first-order valence-corrected chi connectivity index (χ1v) is 6.14. The van der Waals surface area contributed by atoms with E-state index in [0.717, 1.165) is 12.8 Å². The highest BCUT2D eigenvalue weighted by molar-refractivity contribution is 6.08. The molecule has 0 spiro atoms. The fourth-order valence-electron chi connectivity index (χ4n) is 2.50. The van der Waals surface area contributed by atoms with Crippen molar-refractivity contribution in [3.63, 3.8) is 0 Å². The number of primary amides is 1. The first-order chi connectivity index (χ1) is 9.08. The maximum Gasteiger partial charge on any atom is 0.251 e. The van der Waals surface area contributed by atoms with Crippen molar-refractivity contribution in [1.82, 2.24) is 14.5 Å². The molecule has 0 radical (unpaired) electrons. The number of carbonyl (C=O) groups excluding carboxylic acids is 1. The minimum Gasteiger partial charge on any atom is -0.383 e. The summed E-state index contributed by atoms with van der Waals surface area (Å²) in [5.41, 5.74) is 12.1. The first kappa shape index (κ1) is 11.9. The average molecular weight is 261 g/mol. The lowest BCUT2D eigenvalue weighted by atomic mass is 10.2. The van der Waals surface area contributed by atoms with Gasteiger partial charge in [-0.15, -0.1) is 0 Å². The van der Waals surface area contributed by atoms with Crippen molar-refractivity contribution >= 4 is 22.8 Å². The number of ether oxygens (including phenoxy) is 1. The van der Waals surface area contributed by atoms with Gasteiger partial charge >= 0.3 is 0 Å². The van der Waals surface area contributed by atoms with Crippen molar-refractivity contribution in [2.45, 2.75) is 32.1 Å². The molecule has 1 aliphatic rings. The molecule has 2 aromatic heterocycles. The summed E-state index contributed by atoms with van der Waals surface area (Å²) in [6, 6.07) is 0. The Balaban J connectivity index is 2.20. The second kappa shape index (κ2) is 4.20. The lowest BCUT2D eigenvalue weighted by molar-refractivity contribution is 0.0134. The van der Waals surface area contributed by atoms with Gasteiger partial charge < -0.3 is 20.8 Å². The number of nitrogens with zero attached hydrogens (tertiary/aromatic N) is 3. The third-order valence-electron chi connectivity index (χ3n) is 3.42. The summed E-state index contributed by atoms with van der Waals surface area (Å²) >= 11 is 0. The van der Waals surface area contributed by atoms with Gasteiger partial charge in [-0.25, -0.2) is 9.97 Å². The fourth-order valence-corrected chi connectivity index (χ4v) is 2.50. The maximum atomic E-state index is 11.5. The molecule has 2 aromatic rings. The number of carbonyl (C=O) groups is 1. The molecule has 0 unspecified atom stereocenters. The van der Waals surface area contributed by atoms with E-state index in [0.29, 0.717) is 16.6 Å². The monoisotopic (exact) mass is 261 g/mol. The molecule has 4 N–H and O–H groups in total. The van der Waals surface area contributed by atoms with Crippen LogP contribution in [0.2, 0.25) is 0 Å². The van der Waals surface area contributed by atoms with Crippen molar-refractivity contribution in [3.8, 4) is 0 Å². The zero-order valence-electron chi connectivity index (χ0n) is 10.5. The number of fused-ring (bicyclic) bond motifs is 1. The first-order valence-electron chi connectivity index (χ1n) is 6.14. The normalized spacial score (nSPS) is 23.0. The summed E-state index contributed by atoms with van der Waals surface area (Å²) in [7, 11) is 0. The van der Waals surface area contributed by atoms with E-state index in [2.05, 4.69) is 9.97 Å². The largest absolute Gasteiger partial charge is 0.383 e. The molecule has 3 rings (SSSR count). The SMILES string of the molecule is C[C@@H]1CC[C@H](n2cc(C(N)=O)c3c(N)ncnc32)O1. The van der Waals surface area contributed by atoms with Crippen LogP contribution in [0.5, 0.6) is 0 Å². The minimum atomic E-state index is -0.545. The quantitative estimate of drug-likeness (QED) is 0.831.